The lowest BCUT2D eigenvalue weighted by atomic mass is 9.84. The van der Waals surface area contributed by atoms with Gasteiger partial charge in [-0.25, -0.2) is 19.3 Å². The van der Waals surface area contributed by atoms with Crippen LogP contribution in [-0.4, -0.2) is 49.4 Å². The molecule has 0 aliphatic heterocycles. The number of carbonyl (C=O) groups is 2. The molecule has 10 heteroatoms. The highest BCUT2D eigenvalue weighted by Gasteiger charge is 2.42. The summed E-state index contributed by atoms with van der Waals surface area (Å²) in [5, 5.41) is 20.6. The second-order valence-corrected chi connectivity index (χ2v) is 8.48. The summed E-state index contributed by atoms with van der Waals surface area (Å²) in [4.78, 5) is 28.8. The van der Waals surface area contributed by atoms with E-state index in [2.05, 4.69) is 20.6 Å². The summed E-state index contributed by atoms with van der Waals surface area (Å²) in [6.07, 6.45) is 3.55. The predicted molar refractivity (Wildman–Crippen MR) is 118 cm³/mol. The lowest BCUT2D eigenvalue weighted by Crippen LogP contribution is -2.46. The van der Waals surface area contributed by atoms with E-state index in [1.165, 1.54) is 4.68 Å². The fraction of sp³-hybridized carbons (Fsp3) is 0.591. The van der Waals surface area contributed by atoms with Crippen molar-refractivity contribution in [2.45, 2.75) is 64.9 Å². The number of amides is 1. The van der Waals surface area contributed by atoms with Gasteiger partial charge in [-0.1, -0.05) is 32.4 Å². The maximum absolute atomic E-state index is 12.2. The SMILES string of the molecule is CCc1nc(-c2nnn(C)c2NC(=O)OCC(C)C)ccc1OC1(C(=O)O)CCCCC1. The first-order valence-corrected chi connectivity index (χ1v) is 11.0. The van der Waals surface area contributed by atoms with Crippen molar-refractivity contribution in [2.75, 3.05) is 11.9 Å². The van der Waals surface area contributed by atoms with E-state index in [9.17, 15) is 14.7 Å². The summed E-state index contributed by atoms with van der Waals surface area (Å²) in [5.74, 6) is 0.0830. The summed E-state index contributed by atoms with van der Waals surface area (Å²) in [6.45, 7) is 6.12. The quantitative estimate of drug-likeness (QED) is 0.628. The van der Waals surface area contributed by atoms with Crippen LogP contribution in [0.25, 0.3) is 11.4 Å². The van der Waals surface area contributed by atoms with E-state index in [0.717, 1.165) is 19.3 Å². The van der Waals surface area contributed by atoms with Gasteiger partial charge in [-0.15, -0.1) is 5.10 Å². The van der Waals surface area contributed by atoms with Gasteiger partial charge < -0.3 is 14.6 Å². The molecule has 2 heterocycles. The normalized spacial score (nSPS) is 15.4. The minimum absolute atomic E-state index is 0.212. The van der Waals surface area contributed by atoms with Gasteiger partial charge in [0.05, 0.1) is 18.0 Å². The standard InChI is InChI=1S/C22H31N5O5/c1-5-15-17(32-22(20(28)29)11-7-6-8-12-22)10-9-16(23-15)18-19(27(4)26-25-18)24-21(30)31-13-14(2)3/h9-10,14H,5-8,11-13H2,1-4H3,(H,24,30)(H,28,29). The van der Waals surface area contributed by atoms with Crippen LogP contribution < -0.4 is 10.1 Å². The van der Waals surface area contributed by atoms with E-state index in [1.807, 2.05) is 20.8 Å². The topological polar surface area (TPSA) is 128 Å². The molecule has 0 unspecified atom stereocenters. The van der Waals surface area contributed by atoms with Gasteiger partial charge >= 0.3 is 12.1 Å². The van der Waals surface area contributed by atoms with Gasteiger partial charge in [-0.3, -0.25) is 5.32 Å². The van der Waals surface area contributed by atoms with Crippen LogP contribution in [0, 0.1) is 5.92 Å². The number of aliphatic carboxylic acids is 1. The first-order valence-electron chi connectivity index (χ1n) is 11.0. The summed E-state index contributed by atoms with van der Waals surface area (Å²) >= 11 is 0. The molecule has 2 aromatic heterocycles. The molecule has 2 aromatic rings. The molecule has 3 rings (SSSR count). The monoisotopic (exact) mass is 445 g/mol. The second kappa shape index (κ2) is 9.97. The average Bonchev–Trinajstić information content (AvgIpc) is 3.13. The number of aryl methyl sites for hydroxylation is 2. The summed E-state index contributed by atoms with van der Waals surface area (Å²) < 4.78 is 12.7. The first-order chi connectivity index (χ1) is 15.3. The van der Waals surface area contributed by atoms with Crippen molar-refractivity contribution >= 4 is 17.9 Å². The molecule has 174 valence electrons. The lowest BCUT2D eigenvalue weighted by Gasteiger charge is -2.34. The molecule has 0 saturated heterocycles. The molecule has 0 radical (unpaired) electrons. The second-order valence-electron chi connectivity index (χ2n) is 8.48. The third-order valence-electron chi connectivity index (χ3n) is 5.46. The van der Waals surface area contributed by atoms with E-state index in [0.29, 0.717) is 54.5 Å². The minimum Gasteiger partial charge on any atom is -0.478 e. The van der Waals surface area contributed by atoms with E-state index in [4.69, 9.17) is 9.47 Å². The first kappa shape index (κ1) is 23.5. The van der Waals surface area contributed by atoms with Gasteiger partial charge in [0, 0.05) is 7.05 Å². The molecule has 1 aliphatic carbocycles. The van der Waals surface area contributed by atoms with Crippen LogP contribution in [0.2, 0.25) is 0 Å². The van der Waals surface area contributed by atoms with Crippen LogP contribution in [0.15, 0.2) is 12.1 Å². The number of rotatable bonds is 8. The Morgan fingerprint density at radius 1 is 1.25 bits per heavy atom. The number of hydrogen-bond donors (Lipinski definition) is 2. The third kappa shape index (κ3) is 5.17. The van der Waals surface area contributed by atoms with E-state index in [1.54, 1.807) is 19.2 Å². The van der Waals surface area contributed by atoms with Gasteiger partial charge in [0.25, 0.3) is 0 Å². The predicted octanol–water partition coefficient (Wildman–Crippen LogP) is 3.81. The number of nitrogens with one attached hydrogen (secondary N) is 1. The molecule has 32 heavy (non-hydrogen) atoms. The number of carboxylic acids is 1. The third-order valence-corrected chi connectivity index (χ3v) is 5.46. The zero-order chi connectivity index (χ0) is 23.3. The van der Waals surface area contributed by atoms with Crippen molar-refractivity contribution in [3.8, 4) is 17.1 Å². The molecular formula is C22H31N5O5. The van der Waals surface area contributed by atoms with Crippen LogP contribution in [0.4, 0.5) is 10.6 Å². The Morgan fingerprint density at radius 3 is 2.59 bits per heavy atom. The largest absolute Gasteiger partial charge is 0.478 e. The van der Waals surface area contributed by atoms with Crippen LogP contribution >= 0.6 is 0 Å². The Morgan fingerprint density at radius 2 is 1.97 bits per heavy atom. The lowest BCUT2D eigenvalue weighted by molar-refractivity contribution is -0.158. The van der Waals surface area contributed by atoms with E-state index in [-0.39, 0.29) is 5.92 Å². The van der Waals surface area contributed by atoms with Gasteiger partial charge in [-0.2, -0.15) is 0 Å². The van der Waals surface area contributed by atoms with Crippen molar-refractivity contribution in [1.82, 2.24) is 20.0 Å². The van der Waals surface area contributed by atoms with Crippen molar-refractivity contribution in [2.24, 2.45) is 13.0 Å². The minimum atomic E-state index is -1.22. The number of pyridine rings is 1. The number of aromatic nitrogens is 4. The van der Waals surface area contributed by atoms with E-state index < -0.39 is 17.7 Å². The molecule has 2 N–H and O–H groups in total. The molecule has 0 atom stereocenters. The average molecular weight is 446 g/mol. The zero-order valence-corrected chi connectivity index (χ0v) is 19.1. The van der Waals surface area contributed by atoms with Crippen LogP contribution in [0.5, 0.6) is 5.75 Å². The highest BCUT2D eigenvalue weighted by atomic mass is 16.5. The number of hydrogen-bond acceptors (Lipinski definition) is 7. The maximum Gasteiger partial charge on any atom is 0.412 e. The zero-order valence-electron chi connectivity index (χ0n) is 19.1. The number of carbonyl (C=O) groups excluding carboxylic acids is 1. The fourth-order valence-corrected chi connectivity index (χ4v) is 3.70. The Balaban J connectivity index is 1.86. The molecule has 10 nitrogen and oxygen atoms in total. The Kier molecular flexibility index (Phi) is 7.32. The van der Waals surface area contributed by atoms with E-state index >= 15 is 0 Å². The number of carboxylic acid groups (broad SMARTS) is 1. The Bertz CT molecular complexity index is 966. The summed E-state index contributed by atoms with van der Waals surface area (Å²) in [7, 11) is 1.66. The summed E-state index contributed by atoms with van der Waals surface area (Å²) in [5.41, 5.74) is 0.285. The molecule has 1 aliphatic rings. The highest BCUT2D eigenvalue weighted by Crippen LogP contribution is 2.35. The Labute approximate surface area is 187 Å². The van der Waals surface area contributed by atoms with Crippen molar-refractivity contribution in [3.05, 3.63) is 17.8 Å². The maximum atomic E-state index is 12.2. The molecular weight excluding hydrogens is 414 g/mol. The number of ether oxygens (including phenoxy) is 2. The smallest absolute Gasteiger partial charge is 0.412 e. The van der Waals surface area contributed by atoms with Gasteiger partial charge in [0.1, 0.15) is 5.75 Å². The van der Waals surface area contributed by atoms with Crippen molar-refractivity contribution in [3.63, 3.8) is 0 Å². The highest BCUT2D eigenvalue weighted by molar-refractivity contribution is 5.88. The van der Waals surface area contributed by atoms with Crippen LogP contribution in [0.3, 0.4) is 0 Å². The van der Waals surface area contributed by atoms with Gasteiger partial charge in [0.2, 0.25) is 5.60 Å². The molecule has 0 bridgehead atoms. The van der Waals surface area contributed by atoms with Crippen molar-refractivity contribution in [1.29, 1.82) is 0 Å². The molecule has 0 aromatic carbocycles. The molecule has 0 spiro atoms. The molecule has 1 amide bonds. The molecule has 1 fully saturated rings. The number of nitrogens with zero attached hydrogens (tertiary/aromatic N) is 4. The van der Waals surface area contributed by atoms with Gasteiger partial charge in [-0.05, 0) is 50.2 Å². The molecule has 1 saturated carbocycles. The van der Waals surface area contributed by atoms with Crippen LogP contribution in [-0.2, 0) is 23.0 Å². The van der Waals surface area contributed by atoms with Crippen LogP contribution in [0.1, 0.15) is 58.6 Å². The Hall–Kier alpha value is -3.17. The fourth-order valence-electron chi connectivity index (χ4n) is 3.70. The van der Waals surface area contributed by atoms with Gasteiger partial charge in [0.15, 0.2) is 11.5 Å². The number of anilines is 1. The van der Waals surface area contributed by atoms with Crippen molar-refractivity contribution < 1.29 is 24.2 Å². The summed E-state index contributed by atoms with van der Waals surface area (Å²) in [6, 6.07) is 3.41.